The van der Waals surface area contributed by atoms with Crippen LogP contribution in [0.5, 0.6) is 0 Å². The number of carbonyl (C=O) groups is 2. The fourth-order valence-electron chi connectivity index (χ4n) is 3.22. The first-order valence-corrected chi connectivity index (χ1v) is 9.96. The van der Waals surface area contributed by atoms with Crippen molar-refractivity contribution in [3.63, 3.8) is 0 Å². The minimum absolute atomic E-state index is 0.280. The molecule has 0 fully saturated rings. The zero-order valence-corrected chi connectivity index (χ0v) is 16.6. The number of nitrogens with one attached hydrogen (secondary N) is 3. The molecule has 1 aromatic carbocycles. The lowest BCUT2D eigenvalue weighted by Gasteiger charge is -2.29. The Morgan fingerprint density at radius 3 is 2.78 bits per heavy atom. The SMILES string of the molecule is CCOC(=O)C1=C(C[NH+](C)Cc2nc3ccccc3s2)NC(=O)N[C@@H]1CC. The summed E-state index contributed by atoms with van der Waals surface area (Å²) in [7, 11) is 2.02. The molecule has 1 aromatic heterocycles. The Hall–Kier alpha value is -2.45. The van der Waals surface area contributed by atoms with Crippen LogP contribution in [0.3, 0.4) is 0 Å². The number of thiazole rings is 1. The largest absolute Gasteiger partial charge is 0.463 e. The summed E-state index contributed by atoms with van der Waals surface area (Å²) in [6, 6.07) is 7.44. The smallest absolute Gasteiger partial charge is 0.338 e. The van der Waals surface area contributed by atoms with Gasteiger partial charge in [0.05, 0.1) is 41.2 Å². The van der Waals surface area contributed by atoms with Crippen LogP contribution in [0.4, 0.5) is 4.79 Å². The Morgan fingerprint density at radius 2 is 2.07 bits per heavy atom. The Kier molecular flexibility index (Phi) is 6.08. The maximum Gasteiger partial charge on any atom is 0.338 e. The van der Waals surface area contributed by atoms with Gasteiger partial charge in [0.2, 0.25) is 0 Å². The monoisotopic (exact) mass is 389 g/mol. The van der Waals surface area contributed by atoms with Crippen LogP contribution in [0, 0.1) is 0 Å². The molecule has 8 heteroatoms. The van der Waals surface area contributed by atoms with Gasteiger partial charge in [0.1, 0.15) is 18.1 Å². The quantitative estimate of drug-likeness (QED) is 0.622. The van der Waals surface area contributed by atoms with Crippen molar-refractivity contribution in [2.24, 2.45) is 0 Å². The molecule has 27 heavy (non-hydrogen) atoms. The summed E-state index contributed by atoms with van der Waals surface area (Å²) in [5, 5.41) is 6.63. The second kappa shape index (κ2) is 8.49. The van der Waals surface area contributed by atoms with E-state index in [2.05, 4.69) is 21.7 Å². The van der Waals surface area contributed by atoms with E-state index in [1.165, 1.54) is 0 Å². The molecule has 1 unspecified atom stereocenters. The highest BCUT2D eigenvalue weighted by Crippen LogP contribution is 2.21. The highest BCUT2D eigenvalue weighted by molar-refractivity contribution is 7.18. The Bertz CT molecular complexity index is 844. The molecule has 3 N–H and O–H groups in total. The molecule has 2 atom stereocenters. The van der Waals surface area contributed by atoms with Crippen LogP contribution < -0.4 is 15.5 Å². The maximum atomic E-state index is 12.5. The molecule has 1 aliphatic rings. The number of amides is 2. The number of hydrogen-bond donors (Lipinski definition) is 3. The van der Waals surface area contributed by atoms with Crippen LogP contribution in [-0.2, 0) is 16.1 Å². The van der Waals surface area contributed by atoms with Crippen molar-refractivity contribution in [1.29, 1.82) is 0 Å². The van der Waals surface area contributed by atoms with Gasteiger partial charge in [-0.25, -0.2) is 14.6 Å². The van der Waals surface area contributed by atoms with Gasteiger partial charge in [-0.15, -0.1) is 11.3 Å². The average molecular weight is 390 g/mol. The van der Waals surface area contributed by atoms with Crippen LogP contribution in [-0.4, -0.2) is 43.2 Å². The molecule has 0 aliphatic carbocycles. The van der Waals surface area contributed by atoms with Crippen molar-refractivity contribution in [3.05, 3.63) is 40.5 Å². The normalized spacial score (nSPS) is 18.2. The summed E-state index contributed by atoms with van der Waals surface area (Å²) in [4.78, 5) is 30.2. The van der Waals surface area contributed by atoms with Gasteiger partial charge in [0.15, 0.2) is 0 Å². The van der Waals surface area contributed by atoms with E-state index in [4.69, 9.17) is 4.74 Å². The predicted molar refractivity (Wildman–Crippen MR) is 104 cm³/mol. The number of carbonyl (C=O) groups excluding carboxylic acids is 2. The number of nitrogens with zero attached hydrogens (tertiary/aromatic N) is 1. The first-order valence-electron chi connectivity index (χ1n) is 9.15. The number of quaternary nitrogens is 1. The zero-order valence-electron chi connectivity index (χ0n) is 15.8. The van der Waals surface area contributed by atoms with Crippen molar-refractivity contribution in [2.75, 3.05) is 20.2 Å². The van der Waals surface area contributed by atoms with Crippen molar-refractivity contribution in [3.8, 4) is 0 Å². The van der Waals surface area contributed by atoms with E-state index in [9.17, 15) is 9.59 Å². The van der Waals surface area contributed by atoms with E-state index in [1.807, 2.05) is 32.2 Å². The average Bonchev–Trinajstić information content (AvgIpc) is 3.03. The van der Waals surface area contributed by atoms with Gasteiger partial charge in [-0.05, 0) is 25.5 Å². The maximum absolute atomic E-state index is 12.5. The molecule has 2 heterocycles. The van der Waals surface area contributed by atoms with E-state index in [0.717, 1.165) is 20.1 Å². The summed E-state index contributed by atoms with van der Waals surface area (Å²) in [6.45, 7) is 5.23. The number of fused-ring (bicyclic) bond motifs is 1. The van der Waals surface area contributed by atoms with Gasteiger partial charge in [0.25, 0.3) is 0 Å². The van der Waals surface area contributed by atoms with Crippen molar-refractivity contribution in [2.45, 2.75) is 32.9 Å². The zero-order chi connectivity index (χ0) is 19.4. The molecule has 1 aliphatic heterocycles. The van der Waals surface area contributed by atoms with Crippen LogP contribution >= 0.6 is 11.3 Å². The lowest BCUT2D eigenvalue weighted by molar-refractivity contribution is -0.889. The number of esters is 1. The molecule has 0 saturated heterocycles. The number of para-hydroxylation sites is 1. The fourth-order valence-corrected chi connectivity index (χ4v) is 4.30. The number of ether oxygens (including phenoxy) is 1. The van der Waals surface area contributed by atoms with Crippen molar-refractivity contribution in [1.82, 2.24) is 15.6 Å². The molecule has 0 radical (unpaired) electrons. The molecule has 144 valence electrons. The van der Waals surface area contributed by atoms with Crippen LogP contribution in [0.25, 0.3) is 10.2 Å². The molecule has 7 nitrogen and oxygen atoms in total. The topological polar surface area (TPSA) is 84.8 Å². The predicted octanol–water partition coefficient (Wildman–Crippen LogP) is 1.22. The first kappa shape index (κ1) is 19.3. The Labute approximate surface area is 162 Å². The summed E-state index contributed by atoms with van der Waals surface area (Å²) in [6.07, 6.45) is 0.627. The van der Waals surface area contributed by atoms with Gasteiger partial charge >= 0.3 is 12.0 Å². The van der Waals surface area contributed by atoms with Crippen LogP contribution in [0.2, 0.25) is 0 Å². The van der Waals surface area contributed by atoms with Crippen LogP contribution in [0.1, 0.15) is 25.3 Å². The van der Waals surface area contributed by atoms with Gasteiger partial charge < -0.3 is 20.3 Å². The van der Waals surface area contributed by atoms with E-state index in [1.54, 1.807) is 18.3 Å². The number of likely N-dealkylation sites (N-methyl/N-ethyl adjacent to an activating group) is 1. The van der Waals surface area contributed by atoms with Gasteiger partial charge in [0, 0.05) is 0 Å². The second-order valence-corrected chi connectivity index (χ2v) is 7.67. The number of urea groups is 1. The van der Waals surface area contributed by atoms with E-state index in [-0.39, 0.29) is 18.0 Å². The highest BCUT2D eigenvalue weighted by atomic mass is 32.1. The molecule has 3 rings (SSSR count). The van der Waals surface area contributed by atoms with Gasteiger partial charge in [-0.1, -0.05) is 19.1 Å². The molecule has 0 bridgehead atoms. The minimum Gasteiger partial charge on any atom is -0.463 e. The Morgan fingerprint density at radius 1 is 1.30 bits per heavy atom. The third kappa shape index (κ3) is 4.45. The van der Waals surface area contributed by atoms with Gasteiger partial charge in [-0.2, -0.15) is 0 Å². The van der Waals surface area contributed by atoms with E-state index >= 15 is 0 Å². The third-order valence-corrected chi connectivity index (χ3v) is 5.45. The number of benzene rings is 1. The summed E-state index contributed by atoms with van der Waals surface area (Å²) in [5.41, 5.74) is 2.14. The second-order valence-electron chi connectivity index (χ2n) is 6.56. The minimum atomic E-state index is -0.375. The molecule has 0 saturated carbocycles. The molecule has 2 aromatic rings. The molecular formula is C19H25N4O3S+. The molecule has 2 amide bonds. The van der Waals surface area contributed by atoms with Crippen molar-refractivity contribution >= 4 is 33.6 Å². The summed E-state index contributed by atoms with van der Waals surface area (Å²) < 4.78 is 6.37. The van der Waals surface area contributed by atoms with Crippen LogP contribution in [0.15, 0.2) is 35.5 Å². The third-order valence-electron chi connectivity index (χ3n) is 4.42. The first-order chi connectivity index (χ1) is 13.0. The standard InChI is InChI=1S/C19H24N4O3S/c1-4-12-17(18(24)26-5-2)14(22-19(25)21-12)10-23(3)11-16-20-13-8-6-7-9-15(13)27-16/h6-9,12H,4-5,10-11H2,1-3H3,(H2,21,22,25)/p+1/t12-/m1/s1. The molecule has 0 spiro atoms. The Balaban J connectivity index is 1.80. The van der Waals surface area contributed by atoms with Crippen molar-refractivity contribution < 1.29 is 19.2 Å². The van der Waals surface area contributed by atoms with E-state index in [0.29, 0.717) is 37.4 Å². The fraction of sp³-hybridized carbons (Fsp3) is 0.421. The lowest BCUT2D eigenvalue weighted by Crippen LogP contribution is -3.08. The number of hydrogen-bond acceptors (Lipinski definition) is 5. The van der Waals surface area contributed by atoms with Gasteiger partial charge in [-0.3, -0.25) is 0 Å². The van der Waals surface area contributed by atoms with E-state index < -0.39 is 0 Å². The summed E-state index contributed by atoms with van der Waals surface area (Å²) >= 11 is 1.67. The highest BCUT2D eigenvalue weighted by Gasteiger charge is 2.32. The summed E-state index contributed by atoms with van der Waals surface area (Å²) in [5.74, 6) is -0.375. The lowest BCUT2D eigenvalue weighted by atomic mass is 10.00. The number of rotatable bonds is 7. The molecular weight excluding hydrogens is 364 g/mol. The number of aromatic nitrogens is 1.